The summed E-state index contributed by atoms with van der Waals surface area (Å²) < 4.78 is 5.50. The number of ether oxygens (including phenoxy) is 1. The summed E-state index contributed by atoms with van der Waals surface area (Å²) in [4.78, 5) is 11.5. The molecule has 0 aliphatic heterocycles. The predicted molar refractivity (Wildman–Crippen MR) is 96.2 cm³/mol. The standard InChI is InChI=1S/C21H36O2/c1-3-5-17-7-9-18(10-8-17)11-12-19-13-15-20(16-14-19)23-21(22)6-4-2/h4,17-20H,2-3,5-16H2,1H3/t17-,18-,19-,20-. The fraction of sp³-hybridized carbons (Fsp3) is 0.857. The van der Waals surface area contributed by atoms with E-state index in [1.165, 1.54) is 64.2 Å². The molecule has 0 heterocycles. The fourth-order valence-corrected chi connectivity index (χ4v) is 4.58. The molecule has 0 N–H and O–H groups in total. The monoisotopic (exact) mass is 320 g/mol. The Bertz CT molecular complexity index is 347. The number of rotatable bonds is 8. The third kappa shape index (κ3) is 6.69. The third-order valence-electron chi connectivity index (χ3n) is 6.05. The average Bonchev–Trinajstić information content (AvgIpc) is 2.56. The molecule has 2 aliphatic carbocycles. The van der Waals surface area contributed by atoms with Gasteiger partial charge in [-0.25, -0.2) is 0 Å². The lowest BCUT2D eigenvalue weighted by atomic mass is 9.76. The molecule has 0 aromatic heterocycles. The summed E-state index contributed by atoms with van der Waals surface area (Å²) in [5.41, 5.74) is 0. The highest BCUT2D eigenvalue weighted by Crippen LogP contribution is 2.36. The van der Waals surface area contributed by atoms with E-state index >= 15 is 0 Å². The van der Waals surface area contributed by atoms with Crippen molar-refractivity contribution < 1.29 is 9.53 Å². The van der Waals surface area contributed by atoms with Crippen molar-refractivity contribution in [2.24, 2.45) is 17.8 Å². The molecule has 0 unspecified atom stereocenters. The van der Waals surface area contributed by atoms with Crippen LogP contribution < -0.4 is 0 Å². The minimum atomic E-state index is -0.104. The highest BCUT2D eigenvalue weighted by Gasteiger charge is 2.25. The van der Waals surface area contributed by atoms with Crippen molar-refractivity contribution in [3.8, 4) is 0 Å². The lowest BCUT2D eigenvalue weighted by molar-refractivity contribution is -0.149. The second-order valence-corrected chi connectivity index (χ2v) is 7.88. The zero-order chi connectivity index (χ0) is 16.5. The van der Waals surface area contributed by atoms with Crippen molar-refractivity contribution in [3.05, 3.63) is 12.7 Å². The van der Waals surface area contributed by atoms with E-state index in [0.717, 1.165) is 30.6 Å². The Morgan fingerprint density at radius 2 is 1.39 bits per heavy atom. The second kappa shape index (κ2) is 10.2. The SMILES string of the molecule is C=CCC(=O)O[C@H]1CC[C@H](CC[C@H]2CC[C@H](CCC)CC2)CC1. The Morgan fingerprint density at radius 1 is 0.913 bits per heavy atom. The highest BCUT2D eigenvalue weighted by molar-refractivity contribution is 5.71. The zero-order valence-electron chi connectivity index (χ0n) is 15.1. The van der Waals surface area contributed by atoms with E-state index in [1.807, 2.05) is 0 Å². The molecule has 0 spiro atoms. The third-order valence-corrected chi connectivity index (χ3v) is 6.05. The molecular formula is C21H36O2. The van der Waals surface area contributed by atoms with Gasteiger partial charge in [-0.1, -0.05) is 64.4 Å². The maximum Gasteiger partial charge on any atom is 0.309 e. The van der Waals surface area contributed by atoms with Crippen LogP contribution in [0.1, 0.15) is 90.4 Å². The first-order chi connectivity index (χ1) is 11.2. The first-order valence-electron chi connectivity index (χ1n) is 10.0. The number of esters is 1. The largest absolute Gasteiger partial charge is 0.462 e. The molecule has 2 rings (SSSR count). The van der Waals surface area contributed by atoms with Gasteiger partial charge in [-0.3, -0.25) is 4.79 Å². The summed E-state index contributed by atoms with van der Waals surface area (Å²) in [7, 11) is 0. The zero-order valence-corrected chi connectivity index (χ0v) is 15.1. The second-order valence-electron chi connectivity index (χ2n) is 7.88. The van der Waals surface area contributed by atoms with Crippen LogP contribution >= 0.6 is 0 Å². The van der Waals surface area contributed by atoms with Gasteiger partial charge in [-0.2, -0.15) is 0 Å². The summed E-state index contributed by atoms with van der Waals surface area (Å²) in [5.74, 6) is 2.79. The van der Waals surface area contributed by atoms with Gasteiger partial charge in [0.05, 0.1) is 6.42 Å². The summed E-state index contributed by atoms with van der Waals surface area (Å²) in [6.45, 7) is 5.91. The maximum absolute atomic E-state index is 11.5. The first kappa shape index (κ1) is 18.5. The Labute approximate surface area is 143 Å². The fourth-order valence-electron chi connectivity index (χ4n) is 4.58. The number of hydrogen-bond acceptors (Lipinski definition) is 2. The van der Waals surface area contributed by atoms with Crippen molar-refractivity contribution in [2.45, 2.75) is 96.5 Å². The first-order valence-corrected chi connectivity index (χ1v) is 10.0. The predicted octanol–water partition coefficient (Wildman–Crippen LogP) is 6.05. The van der Waals surface area contributed by atoms with Gasteiger partial charge in [0.25, 0.3) is 0 Å². The Morgan fingerprint density at radius 3 is 1.87 bits per heavy atom. The smallest absolute Gasteiger partial charge is 0.309 e. The molecule has 23 heavy (non-hydrogen) atoms. The van der Waals surface area contributed by atoms with Crippen LogP contribution in [0.15, 0.2) is 12.7 Å². The van der Waals surface area contributed by atoms with Gasteiger partial charge < -0.3 is 4.74 Å². The Hall–Kier alpha value is -0.790. The summed E-state index contributed by atoms with van der Waals surface area (Å²) in [5, 5.41) is 0. The van der Waals surface area contributed by atoms with E-state index in [-0.39, 0.29) is 12.1 Å². The van der Waals surface area contributed by atoms with Gasteiger partial charge in [0, 0.05) is 0 Å². The number of carbonyl (C=O) groups is 1. The van der Waals surface area contributed by atoms with Crippen LogP contribution in [-0.2, 0) is 9.53 Å². The van der Waals surface area contributed by atoms with E-state index in [9.17, 15) is 4.79 Å². The summed E-state index contributed by atoms with van der Waals surface area (Å²) >= 11 is 0. The van der Waals surface area contributed by atoms with Gasteiger partial charge in [0.2, 0.25) is 0 Å². The number of carbonyl (C=O) groups excluding carboxylic acids is 1. The van der Waals surface area contributed by atoms with Crippen LogP contribution in [0.5, 0.6) is 0 Å². The van der Waals surface area contributed by atoms with Gasteiger partial charge >= 0.3 is 5.97 Å². The molecule has 2 fully saturated rings. The van der Waals surface area contributed by atoms with E-state index in [1.54, 1.807) is 6.08 Å². The van der Waals surface area contributed by atoms with E-state index in [0.29, 0.717) is 6.42 Å². The molecule has 0 amide bonds. The minimum absolute atomic E-state index is 0.104. The van der Waals surface area contributed by atoms with E-state index in [2.05, 4.69) is 13.5 Å². The van der Waals surface area contributed by atoms with E-state index < -0.39 is 0 Å². The van der Waals surface area contributed by atoms with Gasteiger partial charge in [-0.05, 0) is 43.4 Å². The topological polar surface area (TPSA) is 26.3 Å². The van der Waals surface area contributed by atoms with Crippen molar-refractivity contribution in [1.29, 1.82) is 0 Å². The molecule has 2 heteroatoms. The summed E-state index contributed by atoms with van der Waals surface area (Å²) in [6.07, 6.45) is 18.3. The molecule has 0 radical (unpaired) electrons. The Balaban J connectivity index is 1.56. The van der Waals surface area contributed by atoms with Crippen LogP contribution in [0, 0.1) is 17.8 Å². The highest BCUT2D eigenvalue weighted by atomic mass is 16.5. The maximum atomic E-state index is 11.5. The van der Waals surface area contributed by atoms with E-state index in [4.69, 9.17) is 4.74 Å². The molecular weight excluding hydrogens is 284 g/mol. The van der Waals surface area contributed by atoms with Crippen LogP contribution in [0.3, 0.4) is 0 Å². The molecule has 0 bridgehead atoms. The molecule has 0 aromatic rings. The quantitative estimate of drug-likeness (QED) is 0.402. The average molecular weight is 321 g/mol. The van der Waals surface area contributed by atoms with Crippen molar-refractivity contribution in [3.63, 3.8) is 0 Å². The van der Waals surface area contributed by atoms with Crippen molar-refractivity contribution >= 4 is 5.97 Å². The van der Waals surface area contributed by atoms with Gasteiger partial charge in [0.15, 0.2) is 0 Å². The van der Waals surface area contributed by atoms with Crippen LogP contribution in [-0.4, -0.2) is 12.1 Å². The van der Waals surface area contributed by atoms with Crippen LogP contribution in [0.4, 0.5) is 0 Å². The van der Waals surface area contributed by atoms with Crippen LogP contribution in [0.25, 0.3) is 0 Å². The molecule has 0 atom stereocenters. The lowest BCUT2D eigenvalue weighted by Gasteiger charge is -2.31. The Kier molecular flexibility index (Phi) is 8.19. The normalized spacial score (nSPS) is 31.5. The molecule has 2 saturated carbocycles. The molecule has 132 valence electrons. The molecule has 0 saturated heterocycles. The molecule has 2 nitrogen and oxygen atoms in total. The lowest BCUT2D eigenvalue weighted by Crippen LogP contribution is -2.24. The van der Waals surface area contributed by atoms with Crippen molar-refractivity contribution in [2.75, 3.05) is 0 Å². The van der Waals surface area contributed by atoms with Gasteiger partial charge in [-0.15, -0.1) is 6.58 Å². The number of hydrogen-bond donors (Lipinski definition) is 0. The van der Waals surface area contributed by atoms with Crippen molar-refractivity contribution in [1.82, 2.24) is 0 Å². The summed E-state index contributed by atoms with van der Waals surface area (Å²) in [6, 6.07) is 0. The van der Waals surface area contributed by atoms with Crippen LogP contribution in [0.2, 0.25) is 0 Å². The molecule has 2 aliphatic rings. The molecule has 0 aromatic carbocycles. The van der Waals surface area contributed by atoms with Gasteiger partial charge in [0.1, 0.15) is 6.10 Å². The minimum Gasteiger partial charge on any atom is -0.462 e.